The molecule has 1 aromatic heterocycles. The first-order chi connectivity index (χ1) is 14.1. The van der Waals surface area contributed by atoms with E-state index in [9.17, 15) is 4.79 Å². The molecule has 29 heavy (non-hydrogen) atoms. The van der Waals surface area contributed by atoms with Crippen LogP contribution in [0, 0.1) is 6.92 Å². The zero-order valence-electron chi connectivity index (χ0n) is 16.0. The number of amides is 1. The number of hydrogen-bond acceptors (Lipinski definition) is 2. The van der Waals surface area contributed by atoms with Gasteiger partial charge in [-0.3, -0.25) is 4.79 Å². The molecular weight excluding hydrogens is 382 g/mol. The molecule has 1 amide bonds. The highest BCUT2D eigenvalue weighted by Crippen LogP contribution is 2.21. The molecule has 144 valence electrons. The van der Waals surface area contributed by atoms with Crippen LogP contribution in [0.15, 0.2) is 84.1 Å². The van der Waals surface area contributed by atoms with E-state index in [-0.39, 0.29) is 5.91 Å². The maximum Gasteiger partial charge on any atom is 0.271 e. The van der Waals surface area contributed by atoms with Crippen molar-refractivity contribution >= 4 is 34.6 Å². The molecule has 0 bridgehead atoms. The zero-order valence-corrected chi connectivity index (χ0v) is 16.7. The lowest BCUT2D eigenvalue weighted by molar-refractivity contribution is 0.0955. The van der Waals surface area contributed by atoms with Crippen molar-refractivity contribution in [2.45, 2.75) is 13.5 Å². The average Bonchev–Trinajstić information content (AvgIpc) is 3.08. The summed E-state index contributed by atoms with van der Waals surface area (Å²) in [6, 6.07) is 23.7. The molecule has 0 aliphatic carbocycles. The van der Waals surface area contributed by atoms with Gasteiger partial charge in [0.15, 0.2) is 0 Å². The van der Waals surface area contributed by atoms with Crippen LogP contribution in [0.1, 0.15) is 27.0 Å². The number of nitrogens with zero attached hydrogens (tertiary/aromatic N) is 2. The molecule has 0 aliphatic heterocycles. The Kier molecular flexibility index (Phi) is 5.45. The van der Waals surface area contributed by atoms with E-state index >= 15 is 0 Å². The summed E-state index contributed by atoms with van der Waals surface area (Å²) in [4.78, 5) is 12.3. The Morgan fingerprint density at radius 2 is 1.83 bits per heavy atom. The van der Waals surface area contributed by atoms with E-state index in [0.29, 0.717) is 10.6 Å². The Bertz CT molecular complexity index is 1200. The summed E-state index contributed by atoms with van der Waals surface area (Å²) in [5, 5.41) is 5.80. The quantitative estimate of drug-likeness (QED) is 0.352. The van der Waals surface area contributed by atoms with Crippen LogP contribution in [0.3, 0.4) is 0 Å². The predicted molar refractivity (Wildman–Crippen MR) is 119 cm³/mol. The highest BCUT2D eigenvalue weighted by molar-refractivity contribution is 6.31. The molecule has 0 aliphatic rings. The Hall–Kier alpha value is -3.37. The first-order valence-electron chi connectivity index (χ1n) is 9.33. The van der Waals surface area contributed by atoms with Gasteiger partial charge in [-0.25, -0.2) is 5.43 Å². The van der Waals surface area contributed by atoms with Crippen molar-refractivity contribution < 1.29 is 4.79 Å². The first-order valence-corrected chi connectivity index (χ1v) is 9.71. The van der Waals surface area contributed by atoms with Gasteiger partial charge >= 0.3 is 0 Å². The highest BCUT2D eigenvalue weighted by atomic mass is 35.5. The molecule has 1 N–H and O–H groups in total. The number of benzene rings is 3. The number of carbonyl (C=O) groups excluding carboxylic acids is 1. The minimum absolute atomic E-state index is 0.295. The van der Waals surface area contributed by atoms with Gasteiger partial charge in [-0.2, -0.15) is 5.10 Å². The van der Waals surface area contributed by atoms with Crippen LogP contribution in [-0.2, 0) is 6.54 Å². The molecule has 4 rings (SSSR count). The fraction of sp³-hybridized carbons (Fsp3) is 0.0833. The van der Waals surface area contributed by atoms with E-state index in [1.54, 1.807) is 18.3 Å². The lowest BCUT2D eigenvalue weighted by Gasteiger charge is -2.05. The first kappa shape index (κ1) is 19.0. The number of aromatic nitrogens is 1. The SMILES string of the molecule is Cc1ccc(C(=O)N/N=C\c2cn(Cc3ccccc3)c3ccccc23)cc1Cl. The Morgan fingerprint density at radius 3 is 2.62 bits per heavy atom. The van der Waals surface area contributed by atoms with Crippen molar-refractivity contribution in [1.29, 1.82) is 0 Å². The van der Waals surface area contributed by atoms with Crippen LogP contribution in [-0.4, -0.2) is 16.7 Å². The molecule has 0 fully saturated rings. The summed E-state index contributed by atoms with van der Waals surface area (Å²) in [6.45, 7) is 2.66. The highest BCUT2D eigenvalue weighted by Gasteiger charge is 2.08. The van der Waals surface area contributed by atoms with E-state index in [0.717, 1.165) is 28.6 Å². The molecule has 4 aromatic rings. The Labute approximate surface area is 174 Å². The van der Waals surface area contributed by atoms with E-state index in [1.165, 1.54) is 5.56 Å². The van der Waals surface area contributed by atoms with Crippen molar-refractivity contribution in [1.82, 2.24) is 9.99 Å². The molecule has 0 saturated carbocycles. The average molecular weight is 402 g/mol. The van der Waals surface area contributed by atoms with E-state index in [2.05, 4.69) is 45.6 Å². The summed E-state index contributed by atoms with van der Waals surface area (Å²) in [6.07, 6.45) is 3.73. The number of hydrazone groups is 1. The van der Waals surface area contributed by atoms with Crippen molar-refractivity contribution in [3.05, 3.63) is 106 Å². The van der Waals surface area contributed by atoms with Crippen LogP contribution >= 0.6 is 11.6 Å². The van der Waals surface area contributed by atoms with Gasteiger partial charge in [-0.15, -0.1) is 0 Å². The van der Waals surface area contributed by atoms with E-state index in [4.69, 9.17) is 11.6 Å². The van der Waals surface area contributed by atoms with Crippen LogP contribution < -0.4 is 5.43 Å². The maximum atomic E-state index is 12.3. The minimum atomic E-state index is -0.295. The smallest absolute Gasteiger partial charge is 0.271 e. The maximum absolute atomic E-state index is 12.3. The van der Waals surface area contributed by atoms with Gasteiger partial charge in [-0.05, 0) is 36.2 Å². The van der Waals surface area contributed by atoms with Gasteiger partial charge in [0.2, 0.25) is 0 Å². The fourth-order valence-electron chi connectivity index (χ4n) is 3.25. The molecule has 5 heteroatoms. The lowest BCUT2D eigenvalue weighted by Crippen LogP contribution is -2.17. The molecular formula is C24H20ClN3O. The van der Waals surface area contributed by atoms with Crippen LogP contribution in [0.5, 0.6) is 0 Å². The summed E-state index contributed by atoms with van der Waals surface area (Å²) in [5.74, 6) is -0.295. The summed E-state index contributed by atoms with van der Waals surface area (Å²) in [7, 11) is 0. The van der Waals surface area contributed by atoms with E-state index < -0.39 is 0 Å². The van der Waals surface area contributed by atoms with Gasteiger partial charge in [0.25, 0.3) is 5.91 Å². The number of rotatable bonds is 5. The largest absolute Gasteiger partial charge is 0.342 e. The van der Waals surface area contributed by atoms with Gasteiger partial charge in [0.1, 0.15) is 0 Å². The third kappa shape index (κ3) is 4.23. The third-order valence-corrected chi connectivity index (χ3v) is 5.23. The lowest BCUT2D eigenvalue weighted by atomic mass is 10.1. The number of para-hydroxylation sites is 1. The van der Waals surface area contributed by atoms with Gasteiger partial charge in [0, 0.05) is 39.8 Å². The zero-order chi connectivity index (χ0) is 20.2. The van der Waals surface area contributed by atoms with Crippen LogP contribution in [0.25, 0.3) is 10.9 Å². The van der Waals surface area contributed by atoms with Gasteiger partial charge < -0.3 is 4.57 Å². The standard InChI is InChI=1S/C24H20ClN3O/c1-17-11-12-19(13-22(17)25)24(29)27-26-14-20-16-28(15-18-7-3-2-4-8-18)23-10-6-5-9-21(20)23/h2-14,16H,15H2,1H3,(H,27,29)/b26-14-. The third-order valence-electron chi connectivity index (χ3n) is 4.82. The number of hydrogen-bond donors (Lipinski definition) is 1. The van der Waals surface area contributed by atoms with E-state index in [1.807, 2.05) is 43.3 Å². The molecule has 4 nitrogen and oxygen atoms in total. The molecule has 0 radical (unpaired) electrons. The predicted octanol–water partition coefficient (Wildman–Crippen LogP) is 5.42. The molecule has 0 atom stereocenters. The summed E-state index contributed by atoms with van der Waals surface area (Å²) >= 11 is 6.10. The Morgan fingerprint density at radius 1 is 1.07 bits per heavy atom. The minimum Gasteiger partial charge on any atom is -0.342 e. The molecule has 0 saturated heterocycles. The van der Waals surface area contributed by atoms with Crippen molar-refractivity contribution in [3.63, 3.8) is 0 Å². The summed E-state index contributed by atoms with van der Waals surface area (Å²) < 4.78 is 2.19. The topological polar surface area (TPSA) is 46.4 Å². The second kappa shape index (κ2) is 8.33. The number of aryl methyl sites for hydroxylation is 1. The molecule has 0 spiro atoms. The van der Waals surface area contributed by atoms with Crippen LogP contribution in [0.2, 0.25) is 5.02 Å². The van der Waals surface area contributed by atoms with Crippen LogP contribution in [0.4, 0.5) is 0 Å². The number of halogens is 1. The normalized spacial score (nSPS) is 11.2. The van der Waals surface area contributed by atoms with Gasteiger partial charge in [0.05, 0.1) is 6.21 Å². The van der Waals surface area contributed by atoms with Crippen molar-refractivity contribution in [3.8, 4) is 0 Å². The molecule has 0 unspecified atom stereocenters. The number of carbonyl (C=O) groups is 1. The second-order valence-electron chi connectivity index (χ2n) is 6.88. The molecule has 3 aromatic carbocycles. The van der Waals surface area contributed by atoms with Crippen molar-refractivity contribution in [2.24, 2.45) is 5.10 Å². The second-order valence-corrected chi connectivity index (χ2v) is 7.29. The number of nitrogens with one attached hydrogen (secondary N) is 1. The Balaban J connectivity index is 1.56. The number of fused-ring (bicyclic) bond motifs is 1. The van der Waals surface area contributed by atoms with Gasteiger partial charge in [-0.1, -0.05) is 66.2 Å². The monoisotopic (exact) mass is 401 g/mol. The fourth-order valence-corrected chi connectivity index (χ4v) is 3.43. The van der Waals surface area contributed by atoms with Crippen molar-refractivity contribution in [2.75, 3.05) is 0 Å². The summed E-state index contributed by atoms with van der Waals surface area (Å²) in [5.41, 5.74) is 7.27. The molecule has 1 heterocycles.